The van der Waals surface area contributed by atoms with E-state index in [1.165, 1.54) is 47.7 Å². The fourth-order valence-corrected chi connectivity index (χ4v) is 4.20. The number of anilines is 2. The van der Waals surface area contributed by atoms with Crippen molar-refractivity contribution in [2.75, 3.05) is 10.0 Å². The van der Waals surface area contributed by atoms with E-state index >= 15 is 0 Å². The Balaban J connectivity index is 1.67. The molecule has 7 nitrogen and oxygen atoms in total. The highest BCUT2D eigenvalue weighted by molar-refractivity contribution is 7.92. The Bertz CT molecular complexity index is 1060. The Hall–Kier alpha value is -2.85. The fraction of sp³-hybridized carbons (Fsp3) is 0.167. The number of halogens is 1. The van der Waals surface area contributed by atoms with Crippen molar-refractivity contribution in [2.24, 2.45) is 0 Å². The standard InChI is InChI=1S/C18H17FN4O3S2/c1-2-3-16-21-22-18(27-16)20-17(24)12-4-8-14(9-5-12)23-28(25,26)15-10-6-13(19)7-11-15/h4-11,23H,2-3H2,1H3,(H,20,22,24). The lowest BCUT2D eigenvalue weighted by Gasteiger charge is -2.09. The van der Waals surface area contributed by atoms with Crippen molar-refractivity contribution in [3.05, 3.63) is 64.9 Å². The van der Waals surface area contributed by atoms with Crippen LogP contribution in [0.15, 0.2) is 53.4 Å². The van der Waals surface area contributed by atoms with E-state index in [9.17, 15) is 17.6 Å². The molecule has 0 fully saturated rings. The first-order chi connectivity index (χ1) is 13.4. The van der Waals surface area contributed by atoms with E-state index in [0.29, 0.717) is 10.7 Å². The summed E-state index contributed by atoms with van der Waals surface area (Å²) in [5, 5.41) is 11.8. The third kappa shape index (κ3) is 4.90. The lowest BCUT2D eigenvalue weighted by molar-refractivity contribution is 0.102. The van der Waals surface area contributed by atoms with Crippen LogP contribution in [-0.4, -0.2) is 24.5 Å². The van der Waals surface area contributed by atoms with Gasteiger partial charge < -0.3 is 0 Å². The molecular formula is C18H17FN4O3S2. The van der Waals surface area contributed by atoms with Crippen LogP contribution >= 0.6 is 11.3 Å². The molecule has 0 bridgehead atoms. The number of carbonyl (C=O) groups is 1. The molecule has 146 valence electrons. The van der Waals surface area contributed by atoms with Crippen molar-refractivity contribution >= 4 is 38.1 Å². The van der Waals surface area contributed by atoms with Gasteiger partial charge in [0.05, 0.1) is 4.90 Å². The zero-order valence-electron chi connectivity index (χ0n) is 14.8. The number of benzene rings is 2. The second kappa shape index (κ2) is 8.44. The summed E-state index contributed by atoms with van der Waals surface area (Å²) in [4.78, 5) is 12.2. The van der Waals surface area contributed by atoms with Crippen LogP contribution in [0.5, 0.6) is 0 Å². The van der Waals surface area contributed by atoms with Crippen LogP contribution in [0, 0.1) is 5.82 Å². The van der Waals surface area contributed by atoms with E-state index in [-0.39, 0.29) is 16.5 Å². The number of hydrogen-bond acceptors (Lipinski definition) is 6. The molecule has 0 radical (unpaired) electrons. The lowest BCUT2D eigenvalue weighted by Crippen LogP contribution is -2.14. The molecule has 3 aromatic rings. The minimum absolute atomic E-state index is 0.0603. The van der Waals surface area contributed by atoms with Gasteiger partial charge in [-0.1, -0.05) is 18.3 Å². The van der Waals surface area contributed by atoms with Crippen LogP contribution in [0.2, 0.25) is 0 Å². The van der Waals surface area contributed by atoms with Crippen LogP contribution in [0.3, 0.4) is 0 Å². The number of hydrogen-bond donors (Lipinski definition) is 2. The maximum Gasteiger partial charge on any atom is 0.261 e. The summed E-state index contributed by atoms with van der Waals surface area (Å²) in [7, 11) is -3.85. The zero-order valence-corrected chi connectivity index (χ0v) is 16.5. The van der Waals surface area contributed by atoms with Crippen LogP contribution in [0.25, 0.3) is 0 Å². The van der Waals surface area contributed by atoms with Gasteiger partial charge in [-0.05, 0) is 55.0 Å². The molecule has 3 rings (SSSR count). The first-order valence-electron chi connectivity index (χ1n) is 8.39. The smallest absolute Gasteiger partial charge is 0.261 e. The van der Waals surface area contributed by atoms with Crippen molar-refractivity contribution in [1.82, 2.24) is 10.2 Å². The topological polar surface area (TPSA) is 101 Å². The number of amides is 1. The molecule has 0 spiro atoms. The van der Waals surface area contributed by atoms with Crippen LogP contribution < -0.4 is 10.0 Å². The van der Waals surface area contributed by atoms with Gasteiger partial charge in [0.25, 0.3) is 15.9 Å². The first kappa shape index (κ1) is 19.9. The second-order valence-electron chi connectivity index (χ2n) is 5.84. The highest BCUT2D eigenvalue weighted by atomic mass is 32.2. The third-order valence-electron chi connectivity index (χ3n) is 3.67. The van der Waals surface area contributed by atoms with Gasteiger partial charge in [-0.15, -0.1) is 10.2 Å². The van der Waals surface area contributed by atoms with E-state index in [4.69, 9.17) is 0 Å². The van der Waals surface area contributed by atoms with Crippen molar-refractivity contribution in [3.8, 4) is 0 Å². The van der Waals surface area contributed by atoms with Gasteiger partial charge in [-0.2, -0.15) is 0 Å². The van der Waals surface area contributed by atoms with Crippen molar-refractivity contribution in [2.45, 2.75) is 24.7 Å². The Morgan fingerprint density at radius 2 is 1.75 bits per heavy atom. The molecule has 0 aliphatic rings. The summed E-state index contributed by atoms with van der Waals surface area (Å²) < 4.78 is 39.9. The highest BCUT2D eigenvalue weighted by Gasteiger charge is 2.15. The number of aromatic nitrogens is 2. The van der Waals surface area contributed by atoms with Gasteiger partial charge in [0, 0.05) is 17.7 Å². The average molecular weight is 420 g/mol. The van der Waals surface area contributed by atoms with Gasteiger partial charge in [0.15, 0.2) is 0 Å². The molecule has 1 amide bonds. The molecule has 0 saturated heterocycles. The molecule has 1 aromatic heterocycles. The highest BCUT2D eigenvalue weighted by Crippen LogP contribution is 2.19. The summed E-state index contributed by atoms with van der Waals surface area (Å²) in [6, 6.07) is 10.4. The first-order valence-corrected chi connectivity index (χ1v) is 10.7. The minimum Gasteiger partial charge on any atom is -0.296 e. The quantitative estimate of drug-likeness (QED) is 0.607. The predicted octanol–water partition coefficient (Wildman–Crippen LogP) is 3.68. The van der Waals surface area contributed by atoms with Crippen molar-refractivity contribution < 1.29 is 17.6 Å². The Morgan fingerprint density at radius 3 is 2.39 bits per heavy atom. The molecular weight excluding hydrogens is 403 g/mol. The molecule has 0 unspecified atom stereocenters. The van der Waals surface area contributed by atoms with Gasteiger partial charge in [0.2, 0.25) is 5.13 Å². The molecule has 0 aliphatic carbocycles. The van der Waals surface area contributed by atoms with E-state index in [1.54, 1.807) is 0 Å². The SMILES string of the molecule is CCCc1nnc(NC(=O)c2ccc(NS(=O)(=O)c3ccc(F)cc3)cc2)s1. The number of carbonyl (C=O) groups excluding carboxylic acids is 1. The number of nitrogens with one attached hydrogen (secondary N) is 2. The van der Waals surface area contributed by atoms with Gasteiger partial charge >= 0.3 is 0 Å². The Kier molecular flexibility index (Phi) is 6.00. The van der Waals surface area contributed by atoms with Gasteiger partial charge in [0.1, 0.15) is 10.8 Å². The fourth-order valence-electron chi connectivity index (χ4n) is 2.31. The maximum atomic E-state index is 13.0. The molecule has 0 atom stereocenters. The molecule has 2 aromatic carbocycles. The number of aryl methyl sites for hydroxylation is 1. The molecule has 2 N–H and O–H groups in total. The van der Waals surface area contributed by atoms with Crippen molar-refractivity contribution in [3.63, 3.8) is 0 Å². The molecule has 0 aliphatic heterocycles. The predicted molar refractivity (Wildman–Crippen MR) is 106 cm³/mol. The molecule has 0 saturated carbocycles. The Morgan fingerprint density at radius 1 is 1.07 bits per heavy atom. The largest absolute Gasteiger partial charge is 0.296 e. The Labute approximate surface area is 165 Å². The average Bonchev–Trinajstić information content (AvgIpc) is 3.09. The van der Waals surface area contributed by atoms with E-state index in [2.05, 4.69) is 20.2 Å². The normalized spacial score (nSPS) is 11.2. The lowest BCUT2D eigenvalue weighted by atomic mass is 10.2. The number of rotatable bonds is 7. The van der Waals surface area contributed by atoms with E-state index in [1.807, 2.05) is 6.92 Å². The molecule has 1 heterocycles. The monoisotopic (exact) mass is 420 g/mol. The summed E-state index contributed by atoms with van der Waals surface area (Å²) in [6.07, 6.45) is 1.74. The van der Waals surface area contributed by atoms with Crippen LogP contribution in [0.4, 0.5) is 15.2 Å². The van der Waals surface area contributed by atoms with Crippen LogP contribution in [-0.2, 0) is 16.4 Å². The van der Waals surface area contributed by atoms with Crippen molar-refractivity contribution in [1.29, 1.82) is 0 Å². The summed E-state index contributed by atoms with van der Waals surface area (Å²) in [6.45, 7) is 2.03. The van der Waals surface area contributed by atoms with E-state index in [0.717, 1.165) is 30.0 Å². The van der Waals surface area contributed by atoms with Gasteiger partial charge in [-0.3, -0.25) is 14.8 Å². The zero-order chi connectivity index (χ0) is 20.1. The molecule has 28 heavy (non-hydrogen) atoms. The summed E-state index contributed by atoms with van der Waals surface area (Å²) in [5.74, 6) is -0.890. The second-order valence-corrected chi connectivity index (χ2v) is 8.59. The van der Waals surface area contributed by atoms with Crippen LogP contribution in [0.1, 0.15) is 28.7 Å². The third-order valence-corrected chi connectivity index (χ3v) is 5.97. The minimum atomic E-state index is -3.85. The summed E-state index contributed by atoms with van der Waals surface area (Å²) >= 11 is 1.32. The number of nitrogens with zero attached hydrogens (tertiary/aromatic N) is 2. The van der Waals surface area contributed by atoms with Gasteiger partial charge in [-0.25, -0.2) is 12.8 Å². The van der Waals surface area contributed by atoms with E-state index < -0.39 is 15.8 Å². The maximum absolute atomic E-state index is 13.0. The number of sulfonamides is 1. The molecule has 10 heteroatoms. The summed E-state index contributed by atoms with van der Waals surface area (Å²) in [5.41, 5.74) is 0.624.